The summed E-state index contributed by atoms with van der Waals surface area (Å²) < 4.78 is 10.5. The first-order valence-electron chi connectivity index (χ1n) is 6.91. The third-order valence-corrected chi connectivity index (χ3v) is 3.94. The summed E-state index contributed by atoms with van der Waals surface area (Å²) >= 11 is 1.42. The second-order valence-electron chi connectivity index (χ2n) is 4.85. The van der Waals surface area contributed by atoms with Crippen molar-refractivity contribution in [3.63, 3.8) is 0 Å². The lowest BCUT2D eigenvalue weighted by molar-refractivity contribution is 0.0853. The van der Waals surface area contributed by atoms with E-state index in [-0.39, 0.29) is 29.6 Å². The Morgan fingerprint density at radius 1 is 1.41 bits per heavy atom. The number of carbonyl (C=O) groups excluding carboxylic acids is 2. The van der Waals surface area contributed by atoms with Crippen LogP contribution in [0.25, 0.3) is 0 Å². The van der Waals surface area contributed by atoms with Crippen LogP contribution in [0.15, 0.2) is 27.5 Å². The van der Waals surface area contributed by atoms with Crippen LogP contribution in [0.1, 0.15) is 33.7 Å². The van der Waals surface area contributed by atoms with Crippen LogP contribution >= 0.6 is 11.3 Å². The first-order chi connectivity index (χ1) is 10.7. The van der Waals surface area contributed by atoms with Crippen LogP contribution in [-0.2, 0) is 4.74 Å². The molecule has 2 amide bonds. The molecule has 0 unspecified atom stereocenters. The maximum Gasteiger partial charge on any atom is 0.302 e. The topological polar surface area (TPSA) is 93.5 Å². The van der Waals surface area contributed by atoms with Gasteiger partial charge in [0.2, 0.25) is 0 Å². The number of carbonyl (C=O) groups is 2. The molecule has 1 atom stereocenters. The van der Waals surface area contributed by atoms with Gasteiger partial charge >= 0.3 is 6.01 Å². The Hall–Kier alpha value is -2.19. The Morgan fingerprint density at radius 2 is 2.32 bits per heavy atom. The zero-order chi connectivity index (χ0) is 15.4. The summed E-state index contributed by atoms with van der Waals surface area (Å²) in [5.41, 5.74) is 0.645. The average molecular weight is 321 g/mol. The fourth-order valence-electron chi connectivity index (χ4n) is 2.10. The number of amides is 2. The van der Waals surface area contributed by atoms with Crippen LogP contribution in [0.5, 0.6) is 0 Å². The van der Waals surface area contributed by atoms with Crippen molar-refractivity contribution in [2.75, 3.05) is 18.5 Å². The van der Waals surface area contributed by atoms with E-state index in [0.717, 1.165) is 19.4 Å². The number of hydrogen-bond donors (Lipinski definition) is 2. The number of aromatic nitrogens is 1. The molecule has 3 heterocycles. The molecular formula is C14H15N3O4S. The van der Waals surface area contributed by atoms with E-state index in [1.165, 1.54) is 17.6 Å². The number of hydrogen-bond acceptors (Lipinski definition) is 6. The highest BCUT2D eigenvalue weighted by Gasteiger charge is 2.19. The highest BCUT2D eigenvalue weighted by Crippen LogP contribution is 2.13. The van der Waals surface area contributed by atoms with Gasteiger partial charge < -0.3 is 14.5 Å². The number of anilines is 1. The quantitative estimate of drug-likeness (QED) is 0.877. The Bertz CT molecular complexity index is 647. The van der Waals surface area contributed by atoms with Crippen LogP contribution in [-0.4, -0.2) is 36.1 Å². The molecular weight excluding hydrogens is 306 g/mol. The highest BCUT2D eigenvalue weighted by molar-refractivity contribution is 7.08. The van der Waals surface area contributed by atoms with Crippen molar-refractivity contribution in [3.05, 3.63) is 34.3 Å². The molecule has 1 fully saturated rings. The Labute approximate surface area is 130 Å². The van der Waals surface area contributed by atoms with E-state index in [0.29, 0.717) is 12.1 Å². The fourth-order valence-corrected chi connectivity index (χ4v) is 2.74. The van der Waals surface area contributed by atoms with Crippen molar-refractivity contribution < 1.29 is 18.7 Å². The van der Waals surface area contributed by atoms with Crippen LogP contribution in [0, 0.1) is 0 Å². The molecule has 2 aromatic heterocycles. The zero-order valence-electron chi connectivity index (χ0n) is 11.7. The third kappa shape index (κ3) is 3.52. The lowest BCUT2D eigenvalue weighted by atomic mass is 10.2. The Morgan fingerprint density at radius 3 is 3.05 bits per heavy atom. The van der Waals surface area contributed by atoms with Crippen LogP contribution in [0.2, 0.25) is 0 Å². The van der Waals surface area contributed by atoms with Gasteiger partial charge in [0, 0.05) is 18.5 Å². The molecule has 0 saturated carbocycles. The molecule has 0 radical (unpaired) electrons. The second kappa shape index (κ2) is 6.71. The van der Waals surface area contributed by atoms with Gasteiger partial charge in [-0.05, 0) is 24.3 Å². The minimum absolute atomic E-state index is 0.00142. The van der Waals surface area contributed by atoms with E-state index in [9.17, 15) is 9.59 Å². The lowest BCUT2D eigenvalue weighted by Gasteiger charge is -2.09. The van der Waals surface area contributed by atoms with E-state index in [2.05, 4.69) is 15.6 Å². The van der Waals surface area contributed by atoms with E-state index >= 15 is 0 Å². The number of nitrogens with one attached hydrogen (secondary N) is 2. The maximum atomic E-state index is 11.9. The van der Waals surface area contributed by atoms with Gasteiger partial charge in [-0.1, -0.05) is 0 Å². The summed E-state index contributed by atoms with van der Waals surface area (Å²) in [7, 11) is 0. The summed E-state index contributed by atoms with van der Waals surface area (Å²) in [6.07, 6.45) is 3.24. The molecule has 22 heavy (non-hydrogen) atoms. The maximum absolute atomic E-state index is 11.9. The van der Waals surface area contributed by atoms with E-state index in [1.54, 1.807) is 16.8 Å². The van der Waals surface area contributed by atoms with E-state index < -0.39 is 0 Å². The molecule has 1 saturated heterocycles. The van der Waals surface area contributed by atoms with Crippen LogP contribution < -0.4 is 10.6 Å². The summed E-state index contributed by atoms with van der Waals surface area (Å²) in [4.78, 5) is 27.7. The van der Waals surface area contributed by atoms with Gasteiger partial charge in [-0.25, -0.2) is 0 Å². The summed E-state index contributed by atoms with van der Waals surface area (Å²) in [6.45, 7) is 1.19. The SMILES string of the molecule is O=C(Nc1nc(C(=O)NC[C@H]2CCCO2)co1)c1ccsc1. The van der Waals surface area contributed by atoms with Crippen molar-refractivity contribution in [2.45, 2.75) is 18.9 Å². The molecule has 0 aromatic carbocycles. The highest BCUT2D eigenvalue weighted by atomic mass is 32.1. The van der Waals surface area contributed by atoms with Gasteiger partial charge in [-0.3, -0.25) is 14.9 Å². The van der Waals surface area contributed by atoms with Crippen molar-refractivity contribution in [2.24, 2.45) is 0 Å². The molecule has 7 nitrogen and oxygen atoms in total. The van der Waals surface area contributed by atoms with Gasteiger partial charge in [-0.15, -0.1) is 0 Å². The molecule has 2 aromatic rings. The van der Waals surface area contributed by atoms with Crippen molar-refractivity contribution in [1.29, 1.82) is 0 Å². The molecule has 2 N–H and O–H groups in total. The molecule has 8 heteroatoms. The van der Waals surface area contributed by atoms with Crippen molar-refractivity contribution in [1.82, 2.24) is 10.3 Å². The molecule has 1 aliphatic rings. The minimum Gasteiger partial charge on any atom is -0.431 e. The van der Waals surface area contributed by atoms with Crippen LogP contribution in [0.4, 0.5) is 6.01 Å². The monoisotopic (exact) mass is 321 g/mol. The normalized spacial score (nSPS) is 17.4. The Kier molecular flexibility index (Phi) is 4.50. The number of rotatable bonds is 5. The number of ether oxygens (including phenoxy) is 1. The zero-order valence-corrected chi connectivity index (χ0v) is 12.5. The van der Waals surface area contributed by atoms with E-state index in [1.807, 2.05) is 0 Å². The standard InChI is InChI=1S/C14H15N3O4S/c18-12(9-3-5-22-8-9)17-14-16-11(7-21-14)13(19)15-6-10-2-1-4-20-10/h3,5,7-8,10H,1-2,4,6H2,(H,15,19)(H,16,17,18)/t10-/m1/s1. The van der Waals surface area contributed by atoms with Gasteiger partial charge in [0.25, 0.3) is 11.8 Å². The molecule has 1 aliphatic heterocycles. The van der Waals surface area contributed by atoms with Gasteiger partial charge in [-0.2, -0.15) is 16.3 Å². The van der Waals surface area contributed by atoms with Crippen LogP contribution in [0.3, 0.4) is 0 Å². The predicted octanol–water partition coefficient (Wildman–Crippen LogP) is 1.90. The molecule has 0 bridgehead atoms. The fraction of sp³-hybridized carbons (Fsp3) is 0.357. The number of nitrogens with zero attached hydrogens (tertiary/aromatic N) is 1. The number of thiophene rings is 1. The van der Waals surface area contributed by atoms with E-state index in [4.69, 9.17) is 9.15 Å². The molecule has 3 rings (SSSR count). The second-order valence-corrected chi connectivity index (χ2v) is 5.63. The van der Waals surface area contributed by atoms with Crippen molar-refractivity contribution >= 4 is 29.2 Å². The van der Waals surface area contributed by atoms with Gasteiger partial charge in [0.05, 0.1) is 11.7 Å². The summed E-state index contributed by atoms with van der Waals surface area (Å²) in [6, 6.07) is 1.69. The lowest BCUT2D eigenvalue weighted by Crippen LogP contribution is -2.31. The average Bonchev–Trinajstić information content (AvgIpc) is 3.25. The largest absolute Gasteiger partial charge is 0.431 e. The Balaban J connectivity index is 1.53. The molecule has 0 spiro atoms. The molecule has 0 aliphatic carbocycles. The number of oxazole rings is 1. The van der Waals surface area contributed by atoms with Gasteiger partial charge in [0.1, 0.15) is 6.26 Å². The first-order valence-corrected chi connectivity index (χ1v) is 7.85. The third-order valence-electron chi connectivity index (χ3n) is 3.25. The summed E-state index contributed by atoms with van der Waals surface area (Å²) in [5, 5.41) is 8.76. The molecule has 116 valence electrons. The van der Waals surface area contributed by atoms with Crippen molar-refractivity contribution in [3.8, 4) is 0 Å². The smallest absolute Gasteiger partial charge is 0.302 e. The van der Waals surface area contributed by atoms with Gasteiger partial charge in [0.15, 0.2) is 5.69 Å². The summed E-state index contributed by atoms with van der Waals surface area (Å²) in [5.74, 6) is -0.676. The first kappa shape index (κ1) is 14.7. The minimum atomic E-state index is -0.352. The predicted molar refractivity (Wildman–Crippen MR) is 80.1 cm³/mol.